The molecule has 1 saturated heterocycles. The molecule has 0 spiro atoms. The number of carboxylic acid groups (broad SMARTS) is 2. The number of rotatable bonds is 47. The lowest BCUT2D eigenvalue weighted by Crippen LogP contribution is -2.64. The lowest BCUT2D eigenvalue weighted by Gasteiger charge is -2.31. The van der Waals surface area contributed by atoms with Gasteiger partial charge in [-0.1, -0.05) is 75.7 Å². The third-order valence-electron chi connectivity index (χ3n) is 16.7. The van der Waals surface area contributed by atoms with Crippen molar-refractivity contribution in [3.8, 4) is 0 Å². The van der Waals surface area contributed by atoms with Crippen LogP contribution in [0, 0.1) is 29.6 Å². The van der Waals surface area contributed by atoms with Gasteiger partial charge < -0.3 is 112 Å². The van der Waals surface area contributed by atoms with Crippen LogP contribution in [0.5, 0.6) is 0 Å². The van der Waals surface area contributed by atoms with Crippen LogP contribution in [0.2, 0.25) is 0 Å². The quantitative estimate of drug-likeness (QED) is 0.0252. The van der Waals surface area contributed by atoms with Gasteiger partial charge in [0.15, 0.2) is 0 Å². The van der Waals surface area contributed by atoms with E-state index in [1.807, 2.05) is 5.32 Å². The van der Waals surface area contributed by atoms with Crippen LogP contribution in [0.15, 0.2) is 0 Å². The molecule has 0 aromatic carbocycles. The molecule has 1 aliphatic heterocycles. The van der Waals surface area contributed by atoms with Crippen LogP contribution in [0.1, 0.15) is 161 Å². The fourth-order valence-electron chi connectivity index (χ4n) is 10.3. The highest BCUT2D eigenvalue weighted by Gasteiger charge is 2.41. The van der Waals surface area contributed by atoms with Crippen LogP contribution in [0.25, 0.3) is 0 Å². The predicted molar refractivity (Wildman–Crippen MR) is 365 cm³/mol. The lowest BCUT2D eigenvalue weighted by molar-refractivity contribution is -0.147. The summed E-state index contributed by atoms with van der Waals surface area (Å²) in [5, 5.41) is 75.0. The Labute approximate surface area is 588 Å². The Bertz CT molecular complexity index is 2840. The van der Waals surface area contributed by atoms with Gasteiger partial charge in [-0.3, -0.25) is 71.9 Å². The zero-order valence-electron chi connectivity index (χ0n) is 60.2. The SMILES string of the molecule is CC[C@H](C)[C@H](NC(=O)[C@@H](NC(=O)[C@@H](NC(=O)[C@H](CC(N)=O)NC(=O)CNC(=O)[C@H](CCCCN)NC(=O)[C@@H](NC(=O)[C@@H](NC(=O)[C@H](C)NC(=O)[C@H](CCCCN)NC(=O)[C@@H]1CCCN1)C(C)C)C(C)C)C(C)C)[C@@H](C)O)C(=O)N[C@H](C(=O)N[C@H](C(=O)N[C@@H](CC(=O)O)C(=O)O)C(C)C)[C@@H](C)O. The average molecular weight is 1440 g/mol. The van der Waals surface area contributed by atoms with Crippen molar-refractivity contribution in [3.63, 3.8) is 0 Å². The molecule has 0 aliphatic carbocycles. The van der Waals surface area contributed by atoms with Gasteiger partial charge >= 0.3 is 11.9 Å². The van der Waals surface area contributed by atoms with Crippen molar-refractivity contribution in [1.82, 2.24) is 74.4 Å². The Morgan fingerprint density at radius 3 is 1.19 bits per heavy atom. The van der Waals surface area contributed by atoms with E-state index in [9.17, 15) is 92.0 Å². The molecule has 101 heavy (non-hydrogen) atoms. The van der Waals surface area contributed by atoms with Gasteiger partial charge in [-0.2, -0.15) is 0 Å². The number of hydrogen-bond donors (Lipinski definition) is 21. The minimum atomic E-state index is -1.88. The molecule has 37 nitrogen and oxygen atoms in total. The van der Waals surface area contributed by atoms with Gasteiger partial charge in [0.2, 0.25) is 82.7 Å². The first-order valence-corrected chi connectivity index (χ1v) is 34.3. The van der Waals surface area contributed by atoms with Crippen LogP contribution in [-0.2, 0) is 76.7 Å². The zero-order chi connectivity index (χ0) is 77.3. The van der Waals surface area contributed by atoms with Crippen LogP contribution < -0.4 is 91.6 Å². The molecule has 0 radical (unpaired) electrons. The number of primary amides is 1. The van der Waals surface area contributed by atoms with Gasteiger partial charge in [0, 0.05) is 0 Å². The smallest absolute Gasteiger partial charge is 0.326 e. The van der Waals surface area contributed by atoms with E-state index in [2.05, 4.69) is 69.1 Å². The number of hydrogen-bond acceptors (Lipinski definition) is 21. The molecule has 1 fully saturated rings. The molecule has 0 bridgehead atoms. The summed E-state index contributed by atoms with van der Waals surface area (Å²) in [5.74, 6) is -19.9. The second-order valence-corrected chi connectivity index (χ2v) is 26.8. The largest absolute Gasteiger partial charge is 0.481 e. The fraction of sp³-hybridized carbons (Fsp3) is 0.750. The molecule has 24 N–H and O–H groups in total. The van der Waals surface area contributed by atoms with Crippen molar-refractivity contribution < 1.29 is 97.1 Å². The number of carbonyl (C=O) groups is 16. The van der Waals surface area contributed by atoms with Gasteiger partial charge in [-0.15, -0.1) is 0 Å². The Kier molecular flexibility index (Phi) is 40.5. The minimum absolute atomic E-state index is 0.0230. The van der Waals surface area contributed by atoms with Gasteiger partial charge in [-0.25, -0.2) is 4.79 Å². The third-order valence-corrected chi connectivity index (χ3v) is 16.7. The van der Waals surface area contributed by atoms with E-state index in [1.54, 1.807) is 34.6 Å². The van der Waals surface area contributed by atoms with Crippen molar-refractivity contribution in [2.45, 2.75) is 251 Å². The monoisotopic (exact) mass is 1440 g/mol. The number of nitrogens with two attached hydrogens (primary N) is 3. The molecule has 1 rings (SSSR count). The first kappa shape index (κ1) is 90.3. The average Bonchev–Trinajstić information content (AvgIpc) is 1.78. The molecule has 37 heteroatoms. The van der Waals surface area contributed by atoms with E-state index in [0.717, 1.165) is 20.3 Å². The summed E-state index contributed by atoms with van der Waals surface area (Å²) in [6, 6.07) is -18.6. The van der Waals surface area contributed by atoms with E-state index >= 15 is 0 Å². The number of amides is 14. The summed E-state index contributed by atoms with van der Waals surface area (Å²) in [5.41, 5.74) is 16.9. The highest BCUT2D eigenvalue weighted by atomic mass is 16.4. The molecule has 16 atom stereocenters. The van der Waals surface area contributed by atoms with Crippen LogP contribution in [-0.4, -0.2) is 232 Å². The van der Waals surface area contributed by atoms with E-state index in [0.29, 0.717) is 45.2 Å². The molecular weight excluding hydrogens is 1330 g/mol. The summed E-state index contributed by atoms with van der Waals surface area (Å²) in [6.45, 7) is 19.5. The number of aliphatic hydroxyl groups excluding tert-OH is 2. The third kappa shape index (κ3) is 31.8. The van der Waals surface area contributed by atoms with Crippen molar-refractivity contribution in [2.24, 2.45) is 46.8 Å². The molecule has 0 unspecified atom stereocenters. The molecule has 0 saturated carbocycles. The predicted octanol–water partition coefficient (Wildman–Crippen LogP) is -6.18. The summed E-state index contributed by atoms with van der Waals surface area (Å²) < 4.78 is 0. The van der Waals surface area contributed by atoms with Gasteiger partial charge in [0.1, 0.15) is 72.5 Å². The Balaban J connectivity index is 3.29. The normalized spacial score (nSPS) is 17.3. The first-order valence-electron chi connectivity index (χ1n) is 34.3. The summed E-state index contributed by atoms with van der Waals surface area (Å²) in [7, 11) is 0. The molecule has 1 heterocycles. The standard InChI is InChI=1S/C64H113N17O20/c1-14-33(10)49(61(97)81-50(35(12)82)62(98)78-46(30(4)5)58(94)74-41(64(100)101)27-44(86)87)79-63(99)51(36(13)83)80-60(96)48(32(8)9)76-56(92)40(26-42(67)84)71-43(85)28-69-53(89)38(20-15-17-23-65)73-57(93)45(29(2)3)77-59(95)47(31(6)7)75-52(88)34(11)70-55(91)39(21-16-18-24-66)72-54(90)37-22-19-25-68-37/h29-41,45-51,68,82-83H,14-28,65-66H2,1-13H3,(H2,67,84)(H,69,89)(H,70,91)(H,71,85)(H,72,90)(H,73,93)(H,74,94)(H,75,88)(H,76,92)(H,77,95)(H,78,98)(H,79,99)(H,80,96)(H,81,97)(H,86,87)(H,100,101)/t33-,34-,35+,36+,37-,38-,39-,40-,41-,45-,46-,47-,48-,49-,50-,51-/m0/s1. The Hall–Kier alpha value is -8.68. The van der Waals surface area contributed by atoms with E-state index in [4.69, 9.17) is 22.3 Å². The molecule has 0 aromatic heterocycles. The Morgan fingerprint density at radius 2 is 0.802 bits per heavy atom. The first-order chi connectivity index (χ1) is 47.1. The summed E-state index contributed by atoms with van der Waals surface area (Å²) in [6.07, 6.45) is -1.63. The van der Waals surface area contributed by atoms with Gasteiger partial charge in [-0.05, 0) is 121 Å². The maximum atomic E-state index is 14.1. The highest BCUT2D eigenvalue weighted by Crippen LogP contribution is 2.15. The van der Waals surface area contributed by atoms with Crippen molar-refractivity contribution in [2.75, 3.05) is 26.2 Å². The fourth-order valence-corrected chi connectivity index (χ4v) is 10.3. The number of carbonyl (C=O) groups excluding carboxylic acids is 14. The van der Waals surface area contributed by atoms with E-state index in [-0.39, 0.29) is 31.7 Å². The van der Waals surface area contributed by atoms with Gasteiger partial charge in [0.05, 0.1) is 37.6 Å². The van der Waals surface area contributed by atoms with Crippen LogP contribution >= 0.6 is 0 Å². The van der Waals surface area contributed by atoms with Gasteiger partial charge in [0.25, 0.3) is 0 Å². The molecular formula is C64H113N17O20. The van der Waals surface area contributed by atoms with E-state index in [1.165, 1.54) is 41.5 Å². The Morgan fingerprint density at radius 1 is 0.426 bits per heavy atom. The van der Waals surface area contributed by atoms with Crippen molar-refractivity contribution >= 4 is 94.6 Å². The van der Waals surface area contributed by atoms with Crippen LogP contribution in [0.4, 0.5) is 0 Å². The zero-order valence-corrected chi connectivity index (χ0v) is 60.2. The number of unbranched alkanes of at least 4 members (excludes halogenated alkanes) is 2. The minimum Gasteiger partial charge on any atom is -0.481 e. The molecule has 14 amide bonds. The number of carboxylic acids is 2. The number of nitrogens with one attached hydrogen (secondary N) is 14. The molecule has 1 aliphatic rings. The maximum absolute atomic E-state index is 14.1. The molecule has 574 valence electrons. The topological polar surface area (TPSA) is 601 Å². The van der Waals surface area contributed by atoms with Crippen LogP contribution in [0.3, 0.4) is 0 Å². The molecule has 0 aromatic rings. The number of aliphatic carboxylic acids is 2. The lowest BCUT2D eigenvalue weighted by atomic mass is 9.96. The summed E-state index contributed by atoms with van der Waals surface area (Å²) in [4.78, 5) is 213. The van der Waals surface area contributed by atoms with Crippen molar-refractivity contribution in [1.29, 1.82) is 0 Å². The maximum Gasteiger partial charge on any atom is 0.326 e. The second kappa shape index (κ2) is 45.2. The van der Waals surface area contributed by atoms with E-state index < -0.39 is 228 Å². The highest BCUT2D eigenvalue weighted by molar-refractivity contribution is 6.01. The number of aliphatic hydroxyl groups is 2. The summed E-state index contributed by atoms with van der Waals surface area (Å²) >= 11 is 0. The second-order valence-electron chi connectivity index (χ2n) is 26.8. The van der Waals surface area contributed by atoms with Crippen molar-refractivity contribution in [3.05, 3.63) is 0 Å².